The highest BCUT2D eigenvalue weighted by Crippen LogP contribution is 2.23. The molecule has 0 spiro atoms. The zero-order valence-electron chi connectivity index (χ0n) is 11.4. The fraction of sp³-hybridized carbons (Fsp3) is 0.429. The van der Waals surface area contributed by atoms with Gasteiger partial charge in [-0.3, -0.25) is 4.79 Å². The van der Waals surface area contributed by atoms with Gasteiger partial charge in [-0.05, 0) is 25.0 Å². The predicted octanol–water partition coefficient (Wildman–Crippen LogP) is 2.94. The average molecular weight is 262 g/mol. The van der Waals surface area contributed by atoms with Gasteiger partial charge >= 0.3 is 0 Å². The largest absolute Gasteiger partial charge is 0.319 e. The Labute approximate surface area is 111 Å². The molecular formula is C14H18N2OS. The SMILES string of the molecule is Cc1ccc(C)c2c1sc(=NC(=O)C(C)C)n2C. The van der Waals surface area contributed by atoms with Gasteiger partial charge in [-0.15, -0.1) is 0 Å². The number of amides is 1. The lowest BCUT2D eigenvalue weighted by atomic mass is 10.1. The standard InChI is InChI=1S/C14H18N2OS/c1-8(2)13(17)15-14-16(5)11-9(3)6-7-10(4)12(11)18-14/h6-8H,1-5H3. The van der Waals surface area contributed by atoms with E-state index in [1.807, 2.05) is 25.5 Å². The highest BCUT2D eigenvalue weighted by molar-refractivity contribution is 7.16. The Kier molecular flexibility index (Phi) is 3.39. The van der Waals surface area contributed by atoms with Gasteiger partial charge in [0.1, 0.15) is 0 Å². The third kappa shape index (κ3) is 2.12. The molecule has 1 amide bonds. The van der Waals surface area contributed by atoms with Gasteiger partial charge in [0.15, 0.2) is 4.80 Å². The second kappa shape index (κ2) is 4.69. The van der Waals surface area contributed by atoms with Gasteiger partial charge in [0.25, 0.3) is 5.91 Å². The van der Waals surface area contributed by atoms with Crippen LogP contribution in [0.5, 0.6) is 0 Å². The maximum atomic E-state index is 11.7. The summed E-state index contributed by atoms with van der Waals surface area (Å²) in [5, 5.41) is 0. The summed E-state index contributed by atoms with van der Waals surface area (Å²) in [5.41, 5.74) is 3.62. The minimum Gasteiger partial charge on any atom is -0.319 e. The molecule has 3 nitrogen and oxygen atoms in total. The Morgan fingerprint density at radius 2 is 1.89 bits per heavy atom. The van der Waals surface area contributed by atoms with Crippen LogP contribution in [0.1, 0.15) is 25.0 Å². The maximum absolute atomic E-state index is 11.7. The van der Waals surface area contributed by atoms with Crippen LogP contribution in [0.15, 0.2) is 17.1 Å². The first kappa shape index (κ1) is 13.0. The summed E-state index contributed by atoms with van der Waals surface area (Å²) in [6.07, 6.45) is 0. The van der Waals surface area contributed by atoms with Gasteiger partial charge in [-0.1, -0.05) is 37.3 Å². The number of hydrogen-bond acceptors (Lipinski definition) is 2. The zero-order chi connectivity index (χ0) is 13.4. The number of rotatable bonds is 1. The van der Waals surface area contributed by atoms with Gasteiger partial charge in [0, 0.05) is 13.0 Å². The summed E-state index contributed by atoms with van der Waals surface area (Å²) in [4.78, 5) is 16.7. The van der Waals surface area contributed by atoms with Gasteiger partial charge in [-0.2, -0.15) is 4.99 Å². The molecule has 0 aliphatic rings. The van der Waals surface area contributed by atoms with Gasteiger partial charge < -0.3 is 4.57 Å². The van der Waals surface area contributed by atoms with Crippen LogP contribution in [0.25, 0.3) is 10.2 Å². The minimum absolute atomic E-state index is 0.0580. The van der Waals surface area contributed by atoms with E-state index in [4.69, 9.17) is 0 Å². The molecule has 1 aromatic heterocycles. The summed E-state index contributed by atoms with van der Waals surface area (Å²) in [6.45, 7) is 7.92. The molecule has 0 atom stereocenters. The van der Waals surface area contributed by atoms with Crippen molar-refractivity contribution < 1.29 is 4.79 Å². The van der Waals surface area contributed by atoms with Gasteiger partial charge in [-0.25, -0.2) is 0 Å². The van der Waals surface area contributed by atoms with Crippen molar-refractivity contribution in [2.45, 2.75) is 27.7 Å². The number of benzene rings is 1. The molecule has 0 saturated heterocycles. The molecule has 0 radical (unpaired) electrons. The van der Waals surface area contributed by atoms with Crippen LogP contribution in [-0.2, 0) is 11.8 Å². The number of fused-ring (bicyclic) bond motifs is 1. The fourth-order valence-corrected chi connectivity index (χ4v) is 3.06. The van der Waals surface area contributed by atoms with Crippen LogP contribution in [-0.4, -0.2) is 10.5 Å². The van der Waals surface area contributed by atoms with Crippen LogP contribution < -0.4 is 4.80 Å². The Bertz CT molecular complexity index is 677. The number of thiazole rings is 1. The number of carbonyl (C=O) groups is 1. The lowest BCUT2D eigenvalue weighted by molar-refractivity contribution is -0.120. The second-order valence-corrected chi connectivity index (χ2v) is 5.90. The second-order valence-electron chi connectivity index (χ2n) is 4.93. The highest BCUT2D eigenvalue weighted by Gasteiger charge is 2.10. The van der Waals surface area contributed by atoms with Crippen molar-refractivity contribution in [3.05, 3.63) is 28.1 Å². The summed E-state index contributed by atoms with van der Waals surface area (Å²) >= 11 is 1.59. The number of hydrogen-bond donors (Lipinski definition) is 0. The molecule has 0 bridgehead atoms. The molecule has 4 heteroatoms. The molecule has 0 N–H and O–H groups in total. The molecule has 1 heterocycles. The Morgan fingerprint density at radius 3 is 2.44 bits per heavy atom. The van der Waals surface area contributed by atoms with E-state index in [9.17, 15) is 4.79 Å². The van der Waals surface area contributed by atoms with Crippen molar-refractivity contribution in [3.63, 3.8) is 0 Å². The van der Waals surface area contributed by atoms with E-state index in [-0.39, 0.29) is 11.8 Å². The van der Waals surface area contributed by atoms with Crippen LogP contribution >= 0.6 is 11.3 Å². The maximum Gasteiger partial charge on any atom is 0.250 e. The van der Waals surface area contributed by atoms with Crippen molar-refractivity contribution in [3.8, 4) is 0 Å². The van der Waals surface area contributed by atoms with Gasteiger partial charge in [0.05, 0.1) is 10.2 Å². The van der Waals surface area contributed by atoms with Crippen molar-refractivity contribution in [2.24, 2.45) is 18.0 Å². The number of aryl methyl sites for hydroxylation is 3. The molecule has 2 aromatic rings. The first-order valence-electron chi connectivity index (χ1n) is 6.06. The molecule has 18 heavy (non-hydrogen) atoms. The van der Waals surface area contributed by atoms with E-state index in [1.165, 1.54) is 21.3 Å². The number of aromatic nitrogens is 1. The van der Waals surface area contributed by atoms with Crippen molar-refractivity contribution >= 4 is 27.5 Å². The molecule has 1 aromatic carbocycles. The normalized spacial score (nSPS) is 12.7. The third-order valence-corrected chi connectivity index (χ3v) is 4.31. The Morgan fingerprint density at radius 1 is 1.28 bits per heavy atom. The molecule has 0 saturated carbocycles. The van der Waals surface area contributed by atoms with E-state index < -0.39 is 0 Å². The molecule has 2 rings (SSSR count). The highest BCUT2D eigenvalue weighted by atomic mass is 32.1. The number of carbonyl (C=O) groups excluding carboxylic acids is 1. The van der Waals surface area contributed by atoms with E-state index in [0.717, 1.165) is 4.80 Å². The smallest absolute Gasteiger partial charge is 0.250 e. The zero-order valence-corrected chi connectivity index (χ0v) is 12.3. The average Bonchev–Trinajstić information content (AvgIpc) is 2.63. The summed E-state index contributed by atoms with van der Waals surface area (Å²) in [5.74, 6) is -0.120. The van der Waals surface area contributed by atoms with Gasteiger partial charge in [0.2, 0.25) is 0 Å². The molecule has 0 aliphatic carbocycles. The lowest BCUT2D eigenvalue weighted by Crippen LogP contribution is -2.15. The summed E-state index contributed by atoms with van der Waals surface area (Å²) < 4.78 is 3.23. The van der Waals surface area contributed by atoms with Crippen LogP contribution in [0.2, 0.25) is 0 Å². The summed E-state index contributed by atoms with van der Waals surface area (Å²) in [7, 11) is 1.97. The van der Waals surface area contributed by atoms with E-state index in [1.54, 1.807) is 11.3 Å². The quantitative estimate of drug-likeness (QED) is 0.778. The monoisotopic (exact) mass is 262 g/mol. The molecule has 0 fully saturated rings. The number of nitrogens with zero attached hydrogens (tertiary/aromatic N) is 2. The summed E-state index contributed by atoms with van der Waals surface area (Å²) in [6, 6.07) is 4.22. The van der Waals surface area contributed by atoms with Crippen LogP contribution in [0.3, 0.4) is 0 Å². The Hall–Kier alpha value is -1.42. The molecule has 0 unspecified atom stereocenters. The van der Waals surface area contributed by atoms with Crippen molar-refractivity contribution in [1.29, 1.82) is 0 Å². The first-order chi connectivity index (χ1) is 8.41. The van der Waals surface area contributed by atoms with Crippen molar-refractivity contribution in [1.82, 2.24) is 4.57 Å². The minimum atomic E-state index is -0.0625. The third-order valence-electron chi connectivity index (χ3n) is 3.05. The lowest BCUT2D eigenvalue weighted by Gasteiger charge is -2.02. The van der Waals surface area contributed by atoms with Crippen LogP contribution in [0, 0.1) is 19.8 Å². The van der Waals surface area contributed by atoms with E-state index in [2.05, 4.69) is 31.0 Å². The topological polar surface area (TPSA) is 34.4 Å². The van der Waals surface area contributed by atoms with Crippen LogP contribution in [0.4, 0.5) is 0 Å². The Balaban J connectivity index is 2.76. The first-order valence-corrected chi connectivity index (χ1v) is 6.87. The van der Waals surface area contributed by atoms with Crippen molar-refractivity contribution in [2.75, 3.05) is 0 Å². The molecule has 96 valence electrons. The predicted molar refractivity (Wildman–Crippen MR) is 75.7 cm³/mol. The molecule has 0 aliphatic heterocycles. The van der Waals surface area contributed by atoms with E-state index >= 15 is 0 Å². The van der Waals surface area contributed by atoms with E-state index in [0.29, 0.717) is 0 Å². The molecular weight excluding hydrogens is 244 g/mol. The fourth-order valence-electron chi connectivity index (χ4n) is 1.89.